The van der Waals surface area contributed by atoms with Crippen LogP contribution in [0.4, 0.5) is 0 Å². The molecule has 0 N–H and O–H groups in total. The zero-order valence-corrected chi connectivity index (χ0v) is 18.7. The summed E-state index contributed by atoms with van der Waals surface area (Å²) in [6.45, 7) is 2.83. The smallest absolute Gasteiger partial charge is 0.264 e. The van der Waals surface area contributed by atoms with Crippen LogP contribution in [-0.2, 0) is 12.8 Å². The van der Waals surface area contributed by atoms with Gasteiger partial charge in [-0.15, -0.1) is 23.7 Å². The number of halogens is 1. The molecule has 1 amide bonds. The maximum Gasteiger partial charge on any atom is 0.264 e. The normalized spacial score (nSPS) is 26.0. The molecule has 0 bridgehead atoms. The second-order valence-electron chi connectivity index (χ2n) is 8.57. The number of hydrogen-bond acceptors (Lipinski definition) is 4. The number of rotatable bonds is 3. The monoisotopic (exact) mass is 432 g/mol. The van der Waals surface area contributed by atoms with E-state index in [9.17, 15) is 4.79 Å². The molecule has 5 rings (SSSR count). The van der Waals surface area contributed by atoms with Gasteiger partial charge >= 0.3 is 0 Å². The number of thiophene rings is 1. The van der Waals surface area contributed by atoms with Crippen LogP contribution in [0.15, 0.2) is 29.6 Å². The van der Waals surface area contributed by atoms with Crippen molar-refractivity contribution in [2.24, 2.45) is 11.8 Å². The van der Waals surface area contributed by atoms with Crippen LogP contribution < -0.4 is 4.74 Å². The summed E-state index contributed by atoms with van der Waals surface area (Å²) in [5.74, 6) is 2.25. The summed E-state index contributed by atoms with van der Waals surface area (Å²) in [5.41, 5.74) is 4.11. The fourth-order valence-corrected chi connectivity index (χ4v) is 6.69. The third kappa shape index (κ3) is 3.58. The molecule has 1 aromatic carbocycles. The number of carbonyl (C=O) groups is 1. The van der Waals surface area contributed by atoms with Crippen molar-refractivity contribution in [1.82, 2.24) is 9.80 Å². The van der Waals surface area contributed by atoms with Crippen LogP contribution >= 0.6 is 23.7 Å². The Balaban J connectivity index is 0.00000205. The van der Waals surface area contributed by atoms with E-state index in [-0.39, 0.29) is 18.3 Å². The van der Waals surface area contributed by atoms with E-state index in [2.05, 4.69) is 34.4 Å². The van der Waals surface area contributed by atoms with Gasteiger partial charge in [-0.05, 0) is 72.9 Å². The fraction of sp³-hybridized carbons (Fsp3) is 0.522. The Labute approximate surface area is 183 Å². The Morgan fingerprint density at radius 2 is 1.86 bits per heavy atom. The first-order valence-corrected chi connectivity index (χ1v) is 11.3. The van der Waals surface area contributed by atoms with Crippen molar-refractivity contribution in [3.63, 3.8) is 0 Å². The van der Waals surface area contributed by atoms with E-state index in [0.717, 1.165) is 43.1 Å². The van der Waals surface area contributed by atoms with Gasteiger partial charge < -0.3 is 9.64 Å². The average Bonchev–Trinajstić information content (AvgIpc) is 3.40. The second-order valence-corrected chi connectivity index (χ2v) is 9.45. The van der Waals surface area contributed by atoms with Crippen molar-refractivity contribution >= 4 is 29.7 Å². The second kappa shape index (κ2) is 8.29. The van der Waals surface area contributed by atoms with E-state index >= 15 is 0 Å². The van der Waals surface area contributed by atoms with Gasteiger partial charge in [-0.1, -0.05) is 12.1 Å². The summed E-state index contributed by atoms with van der Waals surface area (Å²) in [4.78, 5) is 18.9. The molecule has 2 aliphatic heterocycles. The summed E-state index contributed by atoms with van der Waals surface area (Å²) in [6.07, 6.45) is 4.72. The highest BCUT2D eigenvalue weighted by atomic mass is 35.5. The highest BCUT2D eigenvalue weighted by Crippen LogP contribution is 2.45. The Morgan fingerprint density at radius 3 is 2.62 bits per heavy atom. The lowest BCUT2D eigenvalue weighted by Gasteiger charge is -2.27. The van der Waals surface area contributed by atoms with E-state index < -0.39 is 0 Å². The average molecular weight is 433 g/mol. The third-order valence-corrected chi connectivity index (χ3v) is 8.00. The van der Waals surface area contributed by atoms with Gasteiger partial charge in [-0.3, -0.25) is 9.69 Å². The third-order valence-electron chi connectivity index (χ3n) is 6.94. The maximum absolute atomic E-state index is 13.3. The topological polar surface area (TPSA) is 32.8 Å². The minimum Gasteiger partial charge on any atom is -0.497 e. The van der Waals surface area contributed by atoms with Crippen LogP contribution in [0, 0.1) is 11.8 Å². The Bertz CT molecular complexity index is 882. The molecule has 0 spiro atoms. The van der Waals surface area contributed by atoms with E-state index in [1.54, 1.807) is 18.4 Å². The lowest BCUT2D eigenvalue weighted by Crippen LogP contribution is -2.33. The van der Waals surface area contributed by atoms with Crippen molar-refractivity contribution < 1.29 is 9.53 Å². The summed E-state index contributed by atoms with van der Waals surface area (Å²) in [6, 6.07) is 8.84. The van der Waals surface area contributed by atoms with Crippen LogP contribution in [0.25, 0.3) is 0 Å². The number of nitrogens with zero attached hydrogens (tertiary/aromatic N) is 2. The van der Waals surface area contributed by atoms with Crippen molar-refractivity contribution in [3.8, 4) is 5.75 Å². The Morgan fingerprint density at radius 1 is 1.10 bits per heavy atom. The largest absolute Gasteiger partial charge is 0.497 e. The predicted molar refractivity (Wildman–Crippen MR) is 119 cm³/mol. The number of methoxy groups -OCH3 is 1. The molecule has 3 aliphatic rings. The maximum atomic E-state index is 13.3. The summed E-state index contributed by atoms with van der Waals surface area (Å²) in [7, 11) is 3.92. The van der Waals surface area contributed by atoms with Crippen molar-refractivity contribution in [2.45, 2.75) is 31.7 Å². The van der Waals surface area contributed by atoms with Crippen molar-refractivity contribution in [2.75, 3.05) is 33.8 Å². The first kappa shape index (κ1) is 20.7. The molecular formula is C23H29ClN2O2S. The van der Waals surface area contributed by atoms with Gasteiger partial charge in [0.05, 0.1) is 12.0 Å². The molecule has 156 valence electrons. The van der Waals surface area contributed by atoms with Gasteiger partial charge in [0.15, 0.2) is 0 Å². The minimum absolute atomic E-state index is 0. The lowest BCUT2D eigenvalue weighted by atomic mass is 9.89. The molecule has 4 nitrogen and oxygen atoms in total. The first-order valence-electron chi connectivity index (χ1n) is 10.4. The van der Waals surface area contributed by atoms with Crippen LogP contribution in [0.3, 0.4) is 0 Å². The number of benzene rings is 1. The molecule has 3 atom stereocenters. The molecule has 0 unspecified atom stereocenters. The summed E-state index contributed by atoms with van der Waals surface area (Å²) >= 11 is 1.67. The number of ether oxygens (including phenoxy) is 1. The molecule has 6 heteroatoms. The Hall–Kier alpha value is -1.56. The number of aryl methyl sites for hydroxylation is 1. The van der Waals surface area contributed by atoms with E-state index in [0.29, 0.717) is 17.9 Å². The summed E-state index contributed by atoms with van der Waals surface area (Å²) in [5, 5.41) is 2.23. The van der Waals surface area contributed by atoms with Gasteiger partial charge in [-0.25, -0.2) is 0 Å². The first-order chi connectivity index (χ1) is 13.7. The Kier molecular flexibility index (Phi) is 5.92. The number of carbonyl (C=O) groups excluding carboxylic acids is 1. The molecule has 3 heterocycles. The number of hydrogen-bond donors (Lipinski definition) is 0. The number of amides is 1. The zero-order chi connectivity index (χ0) is 19.3. The van der Waals surface area contributed by atoms with Crippen molar-refractivity contribution in [1.29, 1.82) is 0 Å². The van der Waals surface area contributed by atoms with Gasteiger partial charge in [0.25, 0.3) is 5.91 Å². The van der Waals surface area contributed by atoms with Gasteiger partial charge in [0, 0.05) is 31.6 Å². The van der Waals surface area contributed by atoms with E-state index in [1.807, 2.05) is 12.1 Å². The number of fused-ring (bicyclic) bond motifs is 2. The van der Waals surface area contributed by atoms with Gasteiger partial charge in [0.2, 0.25) is 0 Å². The summed E-state index contributed by atoms with van der Waals surface area (Å²) < 4.78 is 5.32. The minimum atomic E-state index is 0. The molecule has 1 aliphatic carbocycles. The van der Waals surface area contributed by atoms with Crippen molar-refractivity contribution in [3.05, 3.63) is 51.2 Å². The molecule has 0 saturated carbocycles. The fourth-order valence-electron chi connectivity index (χ4n) is 5.57. The zero-order valence-electron chi connectivity index (χ0n) is 17.1. The molecule has 2 fully saturated rings. The van der Waals surface area contributed by atoms with Gasteiger partial charge in [-0.2, -0.15) is 0 Å². The molecule has 2 aromatic rings. The molecule has 29 heavy (non-hydrogen) atoms. The standard InChI is InChI=1S/C23H28N2O2S.ClH/c1-24-11-17-12-25(23(26)22-19-6-4-3-5-16(19)14-28-22)13-20(17)21(24)15-7-9-18(27-2)10-8-15;/h7-10,14,17,20-21H,3-6,11-13H2,1-2H3;1H/t17-,20+,21+;/m0./s1. The van der Waals surface area contributed by atoms with Crippen LogP contribution in [0.5, 0.6) is 5.75 Å². The number of likely N-dealkylation sites (tertiary alicyclic amines) is 2. The van der Waals surface area contributed by atoms with Crippen LogP contribution in [0.1, 0.15) is 45.2 Å². The van der Waals surface area contributed by atoms with Gasteiger partial charge in [0.1, 0.15) is 5.75 Å². The lowest BCUT2D eigenvalue weighted by molar-refractivity contribution is 0.0771. The van der Waals surface area contributed by atoms with Crippen LogP contribution in [0.2, 0.25) is 0 Å². The predicted octanol–water partition coefficient (Wildman–Crippen LogP) is 4.43. The SMILES string of the molecule is COc1ccc([C@@H]2[C@@H]3CN(C(=O)c4scc5c4CCCC5)C[C@@H]3CN2C)cc1.Cl. The quantitative estimate of drug-likeness (QED) is 0.719. The molecular weight excluding hydrogens is 404 g/mol. The van der Waals surface area contributed by atoms with E-state index in [4.69, 9.17) is 4.74 Å². The molecule has 1 aromatic heterocycles. The van der Waals surface area contributed by atoms with Crippen LogP contribution in [-0.4, -0.2) is 49.5 Å². The highest BCUT2D eigenvalue weighted by Gasteiger charge is 2.47. The highest BCUT2D eigenvalue weighted by molar-refractivity contribution is 7.12. The molecule has 0 radical (unpaired) electrons. The molecule has 2 saturated heterocycles. The van der Waals surface area contributed by atoms with E-state index in [1.165, 1.54) is 29.5 Å².